The largest absolute Gasteiger partial charge is 0.393 e. The maximum absolute atomic E-state index is 11.7. The molecule has 3 fully saturated rings. The van der Waals surface area contributed by atoms with Gasteiger partial charge in [0.2, 0.25) is 0 Å². The van der Waals surface area contributed by atoms with Crippen LogP contribution in [0.15, 0.2) is 24.3 Å². The van der Waals surface area contributed by atoms with Gasteiger partial charge in [-0.2, -0.15) is 0 Å². The van der Waals surface area contributed by atoms with Gasteiger partial charge in [-0.25, -0.2) is 0 Å². The average molecular weight is 342 g/mol. The van der Waals surface area contributed by atoms with Crippen molar-refractivity contribution < 1.29 is 10.2 Å². The zero-order valence-electron chi connectivity index (χ0n) is 15.4. The highest BCUT2D eigenvalue weighted by Crippen LogP contribution is 2.67. The van der Waals surface area contributed by atoms with Gasteiger partial charge in [-0.05, 0) is 62.2 Å². The highest BCUT2D eigenvalue weighted by atomic mass is 16.3. The van der Waals surface area contributed by atoms with Crippen LogP contribution in [0.2, 0.25) is 0 Å². The minimum Gasteiger partial charge on any atom is -0.393 e. The topological polar surface area (TPSA) is 46.9 Å². The molecule has 136 valence electrons. The third kappa shape index (κ3) is 1.69. The average Bonchev–Trinajstić information content (AvgIpc) is 3.15. The molecule has 1 saturated carbocycles. The van der Waals surface area contributed by atoms with Crippen molar-refractivity contribution in [3.8, 4) is 0 Å². The molecule has 1 spiro atoms. The SMILES string of the molecule is CC[C@@]12CCCN3CC[C@]4(c5ccccc5N(C)[C@@H]4[C@](O)(CO)C1)[C@H]32. The van der Waals surface area contributed by atoms with E-state index in [2.05, 4.69) is 48.0 Å². The highest BCUT2D eigenvalue weighted by Gasteiger charge is 2.73. The fourth-order valence-corrected chi connectivity index (χ4v) is 7.61. The summed E-state index contributed by atoms with van der Waals surface area (Å²) < 4.78 is 0. The van der Waals surface area contributed by atoms with Crippen LogP contribution in [-0.4, -0.2) is 59.5 Å². The van der Waals surface area contributed by atoms with Crippen LogP contribution in [0.25, 0.3) is 0 Å². The molecule has 2 saturated heterocycles. The lowest BCUT2D eigenvalue weighted by Gasteiger charge is -2.63. The normalized spacial score (nSPS) is 45.2. The van der Waals surface area contributed by atoms with E-state index in [1.165, 1.54) is 30.6 Å². The van der Waals surface area contributed by atoms with Crippen molar-refractivity contribution in [1.82, 2.24) is 4.90 Å². The lowest BCUT2D eigenvalue weighted by molar-refractivity contribution is -0.156. The van der Waals surface area contributed by atoms with Crippen molar-refractivity contribution in [3.63, 3.8) is 0 Å². The van der Waals surface area contributed by atoms with E-state index in [0.29, 0.717) is 6.04 Å². The van der Waals surface area contributed by atoms with E-state index in [1.54, 1.807) is 0 Å². The Hall–Kier alpha value is -1.10. The number of fused-ring (bicyclic) bond motifs is 1. The van der Waals surface area contributed by atoms with Gasteiger partial charge in [-0.1, -0.05) is 25.1 Å². The van der Waals surface area contributed by atoms with Crippen LogP contribution in [0.3, 0.4) is 0 Å². The summed E-state index contributed by atoms with van der Waals surface area (Å²) >= 11 is 0. The van der Waals surface area contributed by atoms with Crippen LogP contribution in [-0.2, 0) is 5.41 Å². The molecule has 0 unspecified atom stereocenters. The number of nitrogens with zero attached hydrogens (tertiary/aromatic N) is 2. The van der Waals surface area contributed by atoms with E-state index < -0.39 is 5.60 Å². The Morgan fingerprint density at radius 2 is 1.96 bits per heavy atom. The summed E-state index contributed by atoms with van der Waals surface area (Å²) in [5.41, 5.74) is 1.67. The summed E-state index contributed by atoms with van der Waals surface area (Å²) in [6.07, 6.45) is 5.28. The van der Waals surface area contributed by atoms with Crippen LogP contribution in [0.1, 0.15) is 44.6 Å². The first-order valence-corrected chi connectivity index (χ1v) is 9.92. The fraction of sp³-hybridized carbons (Fsp3) is 0.714. The maximum atomic E-state index is 11.7. The Kier molecular flexibility index (Phi) is 3.22. The van der Waals surface area contributed by atoms with Gasteiger partial charge >= 0.3 is 0 Å². The van der Waals surface area contributed by atoms with Gasteiger partial charge in [-0.3, -0.25) is 4.90 Å². The number of anilines is 1. The van der Waals surface area contributed by atoms with Gasteiger partial charge in [0.05, 0.1) is 12.6 Å². The Balaban J connectivity index is 1.80. The zero-order chi connectivity index (χ0) is 17.4. The standard InChI is InChI=1S/C21H30N2O2/c1-3-19-9-6-11-23-12-10-21(17(19)23)15-7-4-5-8-16(15)22(2)18(21)20(25,13-19)14-24/h4-5,7-8,17-18,24-25H,3,6,9-14H2,1-2H3/t17-,18-,19-,20-,21+/m1/s1. The number of benzene rings is 1. The number of rotatable bonds is 2. The van der Waals surface area contributed by atoms with Crippen LogP contribution in [0, 0.1) is 5.41 Å². The van der Waals surface area contributed by atoms with Crippen molar-refractivity contribution in [2.75, 3.05) is 31.6 Å². The Morgan fingerprint density at radius 3 is 2.72 bits per heavy atom. The molecule has 1 aliphatic carbocycles. The smallest absolute Gasteiger partial charge is 0.109 e. The van der Waals surface area contributed by atoms with Gasteiger partial charge in [0.15, 0.2) is 0 Å². The van der Waals surface area contributed by atoms with E-state index in [9.17, 15) is 10.2 Å². The summed E-state index contributed by atoms with van der Waals surface area (Å²) in [5, 5.41) is 22.1. The highest BCUT2D eigenvalue weighted by molar-refractivity contribution is 5.67. The molecule has 1 aromatic carbocycles. The minimum absolute atomic E-state index is 0.0322. The molecule has 5 rings (SSSR count). The van der Waals surface area contributed by atoms with Gasteiger partial charge in [0, 0.05) is 24.2 Å². The molecule has 4 aliphatic rings. The second kappa shape index (κ2) is 4.99. The van der Waals surface area contributed by atoms with Crippen molar-refractivity contribution in [3.05, 3.63) is 29.8 Å². The van der Waals surface area contributed by atoms with Crippen LogP contribution in [0.5, 0.6) is 0 Å². The molecule has 3 heterocycles. The molecule has 3 aliphatic heterocycles. The number of likely N-dealkylation sites (N-methyl/N-ethyl adjacent to an activating group) is 1. The zero-order valence-corrected chi connectivity index (χ0v) is 15.4. The van der Waals surface area contributed by atoms with Crippen molar-refractivity contribution >= 4 is 5.69 Å². The van der Waals surface area contributed by atoms with E-state index in [-0.39, 0.29) is 23.5 Å². The third-order valence-corrected chi connectivity index (χ3v) is 8.17. The number of piperidine rings is 1. The van der Waals surface area contributed by atoms with E-state index in [4.69, 9.17) is 0 Å². The van der Waals surface area contributed by atoms with E-state index in [0.717, 1.165) is 25.8 Å². The molecule has 1 aromatic rings. The predicted molar refractivity (Wildman–Crippen MR) is 98.9 cm³/mol. The molecule has 25 heavy (non-hydrogen) atoms. The minimum atomic E-state index is -1.03. The molecular weight excluding hydrogens is 312 g/mol. The quantitative estimate of drug-likeness (QED) is 0.864. The summed E-state index contributed by atoms with van der Waals surface area (Å²) in [6, 6.07) is 9.18. The van der Waals surface area contributed by atoms with Crippen molar-refractivity contribution in [1.29, 1.82) is 0 Å². The Labute approximate surface area is 150 Å². The summed E-state index contributed by atoms with van der Waals surface area (Å²) in [4.78, 5) is 5.00. The number of aliphatic hydroxyl groups excluding tert-OH is 1. The van der Waals surface area contributed by atoms with E-state index in [1.807, 2.05) is 0 Å². The first-order chi connectivity index (χ1) is 12.0. The Bertz CT molecular complexity index is 709. The third-order valence-electron chi connectivity index (χ3n) is 8.17. The van der Waals surface area contributed by atoms with Crippen LogP contribution >= 0.6 is 0 Å². The van der Waals surface area contributed by atoms with Crippen LogP contribution in [0.4, 0.5) is 5.69 Å². The van der Waals surface area contributed by atoms with E-state index >= 15 is 0 Å². The summed E-state index contributed by atoms with van der Waals surface area (Å²) in [5.74, 6) is 0. The van der Waals surface area contributed by atoms with Gasteiger partial charge < -0.3 is 15.1 Å². The molecular formula is C21H30N2O2. The lowest BCUT2D eigenvalue weighted by Crippen LogP contribution is -2.74. The van der Waals surface area contributed by atoms with Crippen molar-refractivity contribution in [2.45, 2.75) is 62.1 Å². The van der Waals surface area contributed by atoms with Crippen molar-refractivity contribution in [2.24, 2.45) is 5.41 Å². The number of hydrogen-bond donors (Lipinski definition) is 2. The number of hydrogen-bond acceptors (Lipinski definition) is 4. The first-order valence-electron chi connectivity index (χ1n) is 9.92. The molecule has 4 heteroatoms. The first kappa shape index (κ1) is 16.1. The molecule has 5 atom stereocenters. The number of aliphatic hydroxyl groups is 2. The lowest BCUT2D eigenvalue weighted by atomic mass is 9.48. The second-order valence-corrected chi connectivity index (χ2v) is 9.02. The van der Waals surface area contributed by atoms with Gasteiger partial charge in [0.25, 0.3) is 0 Å². The fourth-order valence-electron chi connectivity index (χ4n) is 7.61. The maximum Gasteiger partial charge on any atom is 0.109 e. The molecule has 4 nitrogen and oxygen atoms in total. The second-order valence-electron chi connectivity index (χ2n) is 9.02. The van der Waals surface area contributed by atoms with Crippen LogP contribution < -0.4 is 4.90 Å². The van der Waals surface area contributed by atoms with Gasteiger partial charge in [0.1, 0.15) is 5.60 Å². The molecule has 0 radical (unpaired) electrons. The Morgan fingerprint density at radius 1 is 1.16 bits per heavy atom. The molecule has 0 aromatic heterocycles. The predicted octanol–water partition coefficient (Wildman–Crippen LogP) is 2.13. The molecule has 0 amide bonds. The molecule has 0 bridgehead atoms. The summed E-state index contributed by atoms with van der Waals surface area (Å²) in [7, 11) is 2.11. The molecule has 2 N–H and O–H groups in total. The monoisotopic (exact) mass is 342 g/mol. The van der Waals surface area contributed by atoms with Gasteiger partial charge in [-0.15, -0.1) is 0 Å². The number of para-hydroxylation sites is 1. The summed E-state index contributed by atoms with van der Waals surface area (Å²) in [6.45, 7) is 4.45.